The lowest BCUT2D eigenvalue weighted by atomic mass is 10.7. The van der Waals surface area contributed by atoms with Gasteiger partial charge in [-0.3, -0.25) is 0 Å². The number of likely N-dealkylation sites (N-methyl/N-ethyl adjacent to an activating group) is 1. The number of alkyl halides is 2. The average Bonchev–Trinajstić information content (AvgIpc) is 3.03. The summed E-state index contributed by atoms with van der Waals surface area (Å²) < 4.78 is 21.9. The van der Waals surface area contributed by atoms with Crippen molar-refractivity contribution in [3.8, 4) is 0 Å². The minimum atomic E-state index is -2.21. The van der Waals surface area contributed by atoms with Crippen LogP contribution in [0.2, 0.25) is 0 Å². The summed E-state index contributed by atoms with van der Waals surface area (Å²) in [5.41, 5.74) is 0. The summed E-state index contributed by atoms with van der Waals surface area (Å²) in [5.74, 6) is 0. The third kappa shape index (κ3) is 23.5. The van der Waals surface area contributed by atoms with E-state index in [0.717, 1.165) is 6.04 Å². The lowest BCUT2D eigenvalue weighted by Crippen LogP contribution is -2.15. The molecule has 4 N–H and O–H groups in total. The number of hydrogen-bond acceptors (Lipinski definition) is 4. The van der Waals surface area contributed by atoms with E-state index in [1.807, 2.05) is 7.05 Å². The van der Waals surface area contributed by atoms with Gasteiger partial charge in [-0.25, -0.2) is 8.78 Å². The van der Waals surface area contributed by atoms with Gasteiger partial charge in [0.05, 0.1) is 13.2 Å². The van der Waals surface area contributed by atoms with E-state index < -0.39 is 6.43 Å². The van der Waals surface area contributed by atoms with E-state index in [-0.39, 0.29) is 13.2 Å². The van der Waals surface area contributed by atoms with Gasteiger partial charge < -0.3 is 21.1 Å². The molecule has 6 heteroatoms. The molecule has 1 saturated carbocycles. The Labute approximate surface area is 96.8 Å². The van der Waals surface area contributed by atoms with Gasteiger partial charge in [0.2, 0.25) is 0 Å². The molecule has 0 bridgehead atoms. The summed E-state index contributed by atoms with van der Waals surface area (Å²) in [6.45, 7) is 0.719. The Kier molecular flexibility index (Phi) is 16.6. The zero-order chi connectivity index (χ0) is 12.8. The Balaban J connectivity index is 0. The maximum Gasteiger partial charge on any atom is 0.250 e. The van der Waals surface area contributed by atoms with Crippen molar-refractivity contribution in [3.05, 3.63) is 0 Å². The van der Waals surface area contributed by atoms with Gasteiger partial charge in [-0.1, -0.05) is 0 Å². The second-order valence-corrected chi connectivity index (χ2v) is 3.34. The molecule has 1 aliphatic rings. The first-order valence-corrected chi connectivity index (χ1v) is 5.47. The number of aliphatic hydroxyl groups is 1. The lowest BCUT2D eigenvalue weighted by Gasteiger charge is -1.91. The first kappa shape index (κ1) is 18.1. The van der Waals surface area contributed by atoms with Gasteiger partial charge in [-0.15, -0.1) is 0 Å². The van der Waals surface area contributed by atoms with Gasteiger partial charge in [0, 0.05) is 12.6 Å². The predicted octanol–water partition coefficient (Wildman–Crippen LogP) is 0.0372. The van der Waals surface area contributed by atoms with Crippen molar-refractivity contribution >= 4 is 0 Å². The second-order valence-electron chi connectivity index (χ2n) is 3.34. The lowest BCUT2D eigenvalue weighted by molar-refractivity contribution is 0.149. The maximum absolute atomic E-state index is 11.0. The quantitative estimate of drug-likeness (QED) is 0.549. The highest BCUT2D eigenvalue weighted by molar-refractivity contribution is 4.78. The number of rotatable bonds is 5. The van der Waals surface area contributed by atoms with Crippen LogP contribution >= 0.6 is 0 Å². The highest BCUT2D eigenvalue weighted by Gasteiger charge is 2.17. The van der Waals surface area contributed by atoms with Crippen LogP contribution in [0.4, 0.5) is 8.78 Å². The molecule has 0 amide bonds. The molecule has 4 nitrogen and oxygen atoms in total. The Morgan fingerprint density at radius 2 is 1.75 bits per heavy atom. The van der Waals surface area contributed by atoms with Crippen LogP contribution in [-0.2, 0) is 0 Å². The fourth-order valence-corrected chi connectivity index (χ4v) is 0.638. The monoisotopic (exact) mass is 241 g/mol. The zero-order valence-electron chi connectivity index (χ0n) is 10.4. The van der Waals surface area contributed by atoms with Gasteiger partial charge in [0.15, 0.2) is 0 Å². The summed E-state index contributed by atoms with van der Waals surface area (Å²) in [6, 6.07) is 0.884. The van der Waals surface area contributed by atoms with Crippen molar-refractivity contribution in [1.82, 2.24) is 16.0 Å². The van der Waals surface area contributed by atoms with Crippen LogP contribution in [0.3, 0.4) is 0 Å². The molecule has 0 aromatic rings. The van der Waals surface area contributed by atoms with Crippen LogP contribution < -0.4 is 16.0 Å². The number of nitrogens with one attached hydrogen (secondary N) is 3. The molecule has 1 aliphatic carbocycles. The SMILES string of the molecule is CNC1CC1.CNCC(F)F.CNCCO. The minimum Gasteiger partial charge on any atom is -0.395 e. The van der Waals surface area contributed by atoms with Crippen LogP contribution in [0.5, 0.6) is 0 Å². The summed E-state index contributed by atoms with van der Waals surface area (Å²) in [4.78, 5) is 0. The van der Waals surface area contributed by atoms with E-state index in [9.17, 15) is 8.78 Å². The minimum absolute atomic E-state index is 0.208. The van der Waals surface area contributed by atoms with Crippen LogP contribution in [0.25, 0.3) is 0 Å². The van der Waals surface area contributed by atoms with Crippen molar-refractivity contribution < 1.29 is 13.9 Å². The molecule has 0 saturated heterocycles. The molecule has 16 heavy (non-hydrogen) atoms. The van der Waals surface area contributed by atoms with Crippen LogP contribution in [0, 0.1) is 0 Å². The van der Waals surface area contributed by atoms with Crippen molar-refractivity contribution in [2.75, 3.05) is 40.8 Å². The fourth-order valence-electron chi connectivity index (χ4n) is 0.638. The van der Waals surface area contributed by atoms with Gasteiger partial charge in [0.25, 0.3) is 6.43 Å². The maximum atomic E-state index is 11.0. The largest absolute Gasteiger partial charge is 0.395 e. The van der Waals surface area contributed by atoms with E-state index in [1.54, 1.807) is 7.05 Å². The van der Waals surface area contributed by atoms with Crippen molar-refractivity contribution in [3.63, 3.8) is 0 Å². The molecule has 0 spiro atoms. The molecule has 1 rings (SSSR count). The molecule has 0 aromatic carbocycles. The standard InChI is InChI=1S/C4H9N.C3H7F2N.C3H9NO/c1-5-4-2-3-4;1-6-2-3(4)5;1-4-2-3-5/h4-5H,2-3H2,1H3;3,6H,2H2,1H3;4-5H,2-3H2,1H3. The smallest absolute Gasteiger partial charge is 0.250 e. The van der Waals surface area contributed by atoms with Crippen molar-refractivity contribution in [1.29, 1.82) is 0 Å². The second kappa shape index (κ2) is 14.7. The van der Waals surface area contributed by atoms with Gasteiger partial charge >= 0.3 is 0 Å². The normalized spacial score (nSPS) is 13.7. The summed E-state index contributed by atoms with van der Waals surface area (Å²) in [5, 5.41) is 16.2. The van der Waals surface area contributed by atoms with Gasteiger partial charge in [-0.05, 0) is 34.0 Å². The van der Waals surface area contributed by atoms with Crippen LogP contribution in [0.15, 0.2) is 0 Å². The summed E-state index contributed by atoms with van der Waals surface area (Å²) in [6.07, 6.45) is 0.586. The van der Waals surface area contributed by atoms with E-state index in [2.05, 4.69) is 16.0 Å². The zero-order valence-corrected chi connectivity index (χ0v) is 10.4. The topological polar surface area (TPSA) is 56.3 Å². The third-order valence-corrected chi connectivity index (χ3v) is 1.71. The number of hydrogen-bond donors (Lipinski definition) is 4. The van der Waals surface area contributed by atoms with E-state index in [0.29, 0.717) is 6.54 Å². The van der Waals surface area contributed by atoms with E-state index in [4.69, 9.17) is 5.11 Å². The first-order valence-electron chi connectivity index (χ1n) is 5.47. The van der Waals surface area contributed by atoms with Crippen LogP contribution in [0.1, 0.15) is 12.8 Å². The molecule has 0 heterocycles. The Hall–Kier alpha value is -0.300. The summed E-state index contributed by atoms with van der Waals surface area (Å²) >= 11 is 0. The molecule has 0 aliphatic heterocycles. The third-order valence-electron chi connectivity index (χ3n) is 1.71. The van der Waals surface area contributed by atoms with Crippen LogP contribution in [-0.4, -0.2) is 58.4 Å². The molecule has 0 radical (unpaired) electrons. The highest BCUT2D eigenvalue weighted by atomic mass is 19.3. The van der Waals surface area contributed by atoms with Gasteiger partial charge in [0.1, 0.15) is 0 Å². The molecule has 0 unspecified atom stereocenters. The number of halogens is 2. The number of aliphatic hydroxyl groups excluding tert-OH is 1. The van der Waals surface area contributed by atoms with Crippen molar-refractivity contribution in [2.45, 2.75) is 25.3 Å². The predicted molar refractivity (Wildman–Crippen MR) is 63.0 cm³/mol. The summed E-state index contributed by atoms with van der Waals surface area (Å²) in [7, 11) is 5.31. The first-order chi connectivity index (χ1) is 7.62. The molecule has 0 atom stereocenters. The van der Waals surface area contributed by atoms with Gasteiger partial charge in [-0.2, -0.15) is 0 Å². The molecule has 1 fully saturated rings. The Morgan fingerprint density at radius 1 is 1.19 bits per heavy atom. The van der Waals surface area contributed by atoms with Crippen molar-refractivity contribution in [2.24, 2.45) is 0 Å². The molecule has 100 valence electrons. The highest BCUT2D eigenvalue weighted by Crippen LogP contribution is 2.16. The molecular weight excluding hydrogens is 216 g/mol. The Morgan fingerprint density at radius 3 is 1.75 bits per heavy atom. The van der Waals surface area contributed by atoms with E-state index in [1.165, 1.54) is 19.9 Å². The molecule has 0 aromatic heterocycles. The van der Waals surface area contributed by atoms with E-state index >= 15 is 0 Å². The Bertz CT molecular complexity index is 123. The molecular formula is C10H25F2N3O. The average molecular weight is 241 g/mol. The fraction of sp³-hybridized carbons (Fsp3) is 1.00.